The molecule has 30 heavy (non-hydrogen) atoms. The molecule has 1 heterocycles. The second-order valence-corrected chi connectivity index (χ2v) is 7.08. The van der Waals surface area contributed by atoms with Crippen molar-refractivity contribution in [1.29, 1.82) is 0 Å². The average molecular weight is 404 g/mol. The maximum atomic E-state index is 12.7. The standard InChI is InChI=1S/C24H24N2O4/c1-28-21-10-6-5-9-20(21)26-24(27)25-19(13-17-7-3-2-4-8-17)14-18-11-12-22-23(15-18)30-16-29-22/h2-12,15,19H,13-14,16H2,1H3,(H2,25,26,27)/t19-/m1/s1. The Morgan fingerprint density at radius 1 is 0.933 bits per heavy atom. The highest BCUT2D eigenvalue weighted by molar-refractivity contribution is 5.91. The maximum absolute atomic E-state index is 12.7. The molecule has 0 aromatic heterocycles. The fourth-order valence-electron chi connectivity index (χ4n) is 3.52. The first-order valence-corrected chi connectivity index (χ1v) is 9.84. The van der Waals surface area contributed by atoms with Gasteiger partial charge in [-0.15, -0.1) is 0 Å². The van der Waals surface area contributed by atoms with Crippen LogP contribution in [-0.4, -0.2) is 26.0 Å². The number of fused-ring (bicyclic) bond motifs is 1. The van der Waals surface area contributed by atoms with Crippen molar-refractivity contribution in [3.8, 4) is 17.2 Å². The van der Waals surface area contributed by atoms with Crippen LogP contribution in [0.5, 0.6) is 17.2 Å². The van der Waals surface area contributed by atoms with Gasteiger partial charge in [0.25, 0.3) is 0 Å². The topological polar surface area (TPSA) is 68.8 Å². The zero-order valence-electron chi connectivity index (χ0n) is 16.8. The summed E-state index contributed by atoms with van der Waals surface area (Å²) in [7, 11) is 1.58. The number of methoxy groups -OCH3 is 1. The molecule has 154 valence electrons. The fraction of sp³-hybridized carbons (Fsp3) is 0.208. The molecule has 0 saturated carbocycles. The number of para-hydroxylation sites is 2. The zero-order chi connectivity index (χ0) is 20.8. The molecule has 0 saturated heterocycles. The summed E-state index contributed by atoms with van der Waals surface area (Å²) in [4.78, 5) is 12.7. The molecular weight excluding hydrogens is 380 g/mol. The van der Waals surface area contributed by atoms with Gasteiger partial charge in [0.1, 0.15) is 5.75 Å². The quantitative estimate of drug-likeness (QED) is 0.612. The molecule has 3 aromatic carbocycles. The normalized spacial score (nSPS) is 12.8. The number of ether oxygens (including phenoxy) is 3. The third-order valence-electron chi connectivity index (χ3n) is 4.93. The summed E-state index contributed by atoms with van der Waals surface area (Å²) in [5.74, 6) is 2.10. The number of urea groups is 1. The average Bonchev–Trinajstić information content (AvgIpc) is 3.22. The van der Waals surface area contributed by atoms with Gasteiger partial charge in [0.15, 0.2) is 11.5 Å². The lowest BCUT2D eigenvalue weighted by Gasteiger charge is -2.20. The summed E-state index contributed by atoms with van der Waals surface area (Å²) in [6.07, 6.45) is 1.36. The molecule has 0 fully saturated rings. The molecule has 4 rings (SSSR count). The van der Waals surface area contributed by atoms with E-state index in [9.17, 15) is 4.79 Å². The second kappa shape index (κ2) is 9.22. The van der Waals surface area contributed by atoms with Gasteiger partial charge in [-0.2, -0.15) is 0 Å². The molecule has 1 aliphatic rings. The number of carbonyl (C=O) groups is 1. The maximum Gasteiger partial charge on any atom is 0.319 e. The lowest BCUT2D eigenvalue weighted by atomic mass is 9.98. The Labute approximate surface area is 175 Å². The van der Waals surface area contributed by atoms with Crippen LogP contribution in [0.3, 0.4) is 0 Å². The lowest BCUT2D eigenvalue weighted by Crippen LogP contribution is -2.40. The van der Waals surface area contributed by atoms with Crippen LogP contribution in [-0.2, 0) is 12.8 Å². The van der Waals surface area contributed by atoms with Crippen molar-refractivity contribution in [2.24, 2.45) is 0 Å². The summed E-state index contributed by atoms with van der Waals surface area (Å²) in [6, 6.07) is 22.9. The smallest absolute Gasteiger partial charge is 0.319 e. The van der Waals surface area contributed by atoms with Crippen LogP contribution in [0.25, 0.3) is 0 Å². The van der Waals surface area contributed by atoms with Crippen LogP contribution < -0.4 is 24.8 Å². The Morgan fingerprint density at radius 3 is 2.50 bits per heavy atom. The molecule has 1 atom stereocenters. The van der Waals surface area contributed by atoms with E-state index in [4.69, 9.17) is 14.2 Å². The van der Waals surface area contributed by atoms with Crippen LogP contribution in [0, 0.1) is 0 Å². The van der Waals surface area contributed by atoms with E-state index in [0.717, 1.165) is 22.6 Å². The number of anilines is 1. The number of hydrogen-bond donors (Lipinski definition) is 2. The summed E-state index contributed by atoms with van der Waals surface area (Å²) >= 11 is 0. The summed E-state index contributed by atoms with van der Waals surface area (Å²) in [6.45, 7) is 0.242. The SMILES string of the molecule is COc1ccccc1NC(=O)N[C@H](Cc1ccccc1)Cc1ccc2c(c1)OCO2. The van der Waals surface area contributed by atoms with Crippen molar-refractivity contribution >= 4 is 11.7 Å². The number of hydrogen-bond acceptors (Lipinski definition) is 4. The first kappa shape index (κ1) is 19.6. The van der Waals surface area contributed by atoms with Crippen molar-refractivity contribution < 1.29 is 19.0 Å². The molecule has 0 unspecified atom stereocenters. The Kier molecular flexibility index (Phi) is 6.03. The van der Waals surface area contributed by atoms with Gasteiger partial charge in [-0.25, -0.2) is 4.79 Å². The predicted octanol–water partition coefficient (Wildman–Crippen LogP) is 4.40. The van der Waals surface area contributed by atoms with Crippen molar-refractivity contribution in [3.63, 3.8) is 0 Å². The van der Waals surface area contributed by atoms with E-state index in [1.54, 1.807) is 7.11 Å². The summed E-state index contributed by atoms with van der Waals surface area (Å²) in [5, 5.41) is 5.99. The Hall–Kier alpha value is -3.67. The molecule has 0 radical (unpaired) electrons. The Morgan fingerprint density at radius 2 is 1.67 bits per heavy atom. The van der Waals surface area contributed by atoms with E-state index in [0.29, 0.717) is 24.3 Å². The molecule has 0 aliphatic carbocycles. The van der Waals surface area contributed by atoms with E-state index < -0.39 is 0 Å². The molecule has 2 amide bonds. The van der Waals surface area contributed by atoms with Gasteiger partial charge in [0.2, 0.25) is 6.79 Å². The molecule has 6 heteroatoms. The van der Waals surface area contributed by atoms with Crippen molar-refractivity contribution in [2.75, 3.05) is 19.2 Å². The van der Waals surface area contributed by atoms with Gasteiger partial charge in [-0.05, 0) is 48.2 Å². The molecule has 6 nitrogen and oxygen atoms in total. The van der Waals surface area contributed by atoms with Crippen molar-refractivity contribution in [2.45, 2.75) is 18.9 Å². The van der Waals surface area contributed by atoms with Crippen LogP contribution in [0.4, 0.5) is 10.5 Å². The second-order valence-electron chi connectivity index (χ2n) is 7.08. The highest BCUT2D eigenvalue weighted by Gasteiger charge is 2.18. The monoisotopic (exact) mass is 404 g/mol. The molecule has 2 N–H and O–H groups in total. The van der Waals surface area contributed by atoms with E-state index in [2.05, 4.69) is 22.8 Å². The van der Waals surface area contributed by atoms with E-state index >= 15 is 0 Å². The predicted molar refractivity (Wildman–Crippen MR) is 115 cm³/mol. The number of nitrogens with one attached hydrogen (secondary N) is 2. The number of rotatable bonds is 7. The molecule has 0 bridgehead atoms. The molecule has 1 aliphatic heterocycles. The molecule has 3 aromatic rings. The number of benzene rings is 3. The Balaban J connectivity index is 1.49. The molecular formula is C24H24N2O4. The van der Waals surface area contributed by atoms with Gasteiger partial charge in [-0.3, -0.25) is 0 Å². The first-order chi connectivity index (χ1) is 14.7. The van der Waals surface area contributed by atoms with E-state index in [1.165, 1.54) is 0 Å². The van der Waals surface area contributed by atoms with Gasteiger partial charge >= 0.3 is 6.03 Å². The van der Waals surface area contributed by atoms with E-state index in [-0.39, 0.29) is 18.9 Å². The van der Waals surface area contributed by atoms with Gasteiger partial charge in [0.05, 0.1) is 12.8 Å². The third kappa shape index (κ3) is 4.84. The van der Waals surface area contributed by atoms with E-state index in [1.807, 2.05) is 60.7 Å². The highest BCUT2D eigenvalue weighted by atomic mass is 16.7. The minimum atomic E-state index is -0.277. The fourth-order valence-corrected chi connectivity index (χ4v) is 3.52. The van der Waals surface area contributed by atoms with Crippen LogP contribution in [0.2, 0.25) is 0 Å². The van der Waals surface area contributed by atoms with Crippen LogP contribution in [0.1, 0.15) is 11.1 Å². The van der Waals surface area contributed by atoms with Crippen LogP contribution >= 0.6 is 0 Å². The minimum Gasteiger partial charge on any atom is -0.495 e. The lowest BCUT2D eigenvalue weighted by molar-refractivity contribution is 0.174. The summed E-state index contributed by atoms with van der Waals surface area (Å²) < 4.78 is 16.2. The van der Waals surface area contributed by atoms with Crippen molar-refractivity contribution in [3.05, 3.63) is 83.9 Å². The van der Waals surface area contributed by atoms with Crippen molar-refractivity contribution in [1.82, 2.24) is 5.32 Å². The van der Waals surface area contributed by atoms with Gasteiger partial charge < -0.3 is 24.8 Å². The minimum absolute atomic E-state index is 0.109. The molecule has 0 spiro atoms. The number of carbonyl (C=O) groups excluding carboxylic acids is 1. The number of amides is 2. The van der Waals surface area contributed by atoms with Gasteiger partial charge in [0, 0.05) is 6.04 Å². The Bertz CT molecular complexity index is 1010. The van der Waals surface area contributed by atoms with Gasteiger partial charge in [-0.1, -0.05) is 48.5 Å². The first-order valence-electron chi connectivity index (χ1n) is 9.84. The van der Waals surface area contributed by atoms with Crippen LogP contribution in [0.15, 0.2) is 72.8 Å². The zero-order valence-corrected chi connectivity index (χ0v) is 16.8. The largest absolute Gasteiger partial charge is 0.495 e. The third-order valence-corrected chi connectivity index (χ3v) is 4.93. The highest BCUT2D eigenvalue weighted by Crippen LogP contribution is 2.33. The summed E-state index contributed by atoms with van der Waals surface area (Å²) in [5.41, 5.74) is 2.85.